The van der Waals surface area contributed by atoms with Gasteiger partial charge in [-0.15, -0.1) is 0 Å². The van der Waals surface area contributed by atoms with Gasteiger partial charge in [0.2, 0.25) is 0 Å². The van der Waals surface area contributed by atoms with E-state index in [1.807, 2.05) is 66.7 Å². The molecule has 0 aliphatic heterocycles. The molecule has 0 saturated heterocycles. The largest absolute Gasteiger partial charge is 0.497 e. The Kier molecular flexibility index (Phi) is 5.68. The monoisotopic (exact) mass is 462 g/mol. The summed E-state index contributed by atoms with van der Waals surface area (Å²) < 4.78 is 6.02. The molecule has 1 heterocycles. The van der Waals surface area contributed by atoms with Crippen LogP contribution in [0.3, 0.4) is 0 Å². The van der Waals surface area contributed by atoms with Gasteiger partial charge in [-0.25, -0.2) is 0 Å². The lowest BCUT2D eigenvalue weighted by atomic mass is 10.1. The highest BCUT2D eigenvalue weighted by molar-refractivity contribution is 9.10. The smallest absolute Gasteiger partial charge is 0.259 e. The third-order valence-corrected chi connectivity index (χ3v) is 5.56. The van der Waals surface area contributed by atoms with Crippen LogP contribution in [0.2, 0.25) is 0 Å². The molecule has 0 unspecified atom stereocenters. The summed E-state index contributed by atoms with van der Waals surface area (Å²) in [6, 6.07) is 23.9. The highest BCUT2D eigenvalue weighted by Gasteiger charge is 2.22. The Morgan fingerprint density at radius 2 is 1.77 bits per heavy atom. The Labute approximate surface area is 182 Å². The van der Waals surface area contributed by atoms with Gasteiger partial charge < -0.3 is 14.6 Å². The lowest BCUT2D eigenvalue weighted by molar-refractivity contribution is 0.0984. The number of H-pyrrole nitrogens is 1. The van der Waals surface area contributed by atoms with Crippen LogP contribution in [0, 0.1) is 0 Å². The maximum absolute atomic E-state index is 13.5. The van der Waals surface area contributed by atoms with Gasteiger partial charge in [0.05, 0.1) is 19.2 Å². The molecule has 3 aromatic carbocycles. The number of hydrogen-bond acceptors (Lipinski definition) is 3. The molecule has 0 saturated carbocycles. The predicted octanol–water partition coefficient (Wildman–Crippen LogP) is 5.15. The number of rotatable bonds is 5. The third kappa shape index (κ3) is 4.00. The van der Waals surface area contributed by atoms with Crippen molar-refractivity contribution >= 4 is 38.4 Å². The quantitative estimate of drug-likeness (QED) is 0.446. The van der Waals surface area contributed by atoms with Crippen molar-refractivity contribution in [3.8, 4) is 5.75 Å². The molecule has 5 nitrogen and oxygen atoms in total. The summed E-state index contributed by atoms with van der Waals surface area (Å²) in [4.78, 5) is 30.7. The zero-order valence-electron chi connectivity index (χ0n) is 16.3. The summed E-state index contributed by atoms with van der Waals surface area (Å²) in [5, 5.41) is 0.908. The molecular formula is C24H19BrN2O3. The predicted molar refractivity (Wildman–Crippen MR) is 122 cm³/mol. The molecule has 4 aromatic rings. The molecule has 0 atom stereocenters. The zero-order chi connectivity index (χ0) is 21.1. The molecule has 1 N–H and O–H groups in total. The summed E-state index contributed by atoms with van der Waals surface area (Å²) in [5.41, 5.74) is 2.19. The Morgan fingerprint density at radius 1 is 1.00 bits per heavy atom. The highest BCUT2D eigenvalue weighted by atomic mass is 79.9. The van der Waals surface area contributed by atoms with E-state index in [1.165, 1.54) is 0 Å². The number of hydrogen-bond donors (Lipinski definition) is 1. The van der Waals surface area contributed by atoms with E-state index in [-0.39, 0.29) is 18.0 Å². The number of para-hydroxylation sites is 1. The number of aromatic amines is 1. The summed E-state index contributed by atoms with van der Waals surface area (Å²) in [6.45, 7) is 0.119. The molecule has 0 bridgehead atoms. The molecule has 0 aliphatic rings. The van der Waals surface area contributed by atoms with Crippen LogP contribution in [0.1, 0.15) is 15.9 Å². The Balaban J connectivity index is 1.81. The topological polar surface area (TPSA) is 62.4 Å². The third-order valence-electron chi connectivity index (χ3n) is 4.87. The number of amides is 1. The van der Waals surface area contributed by atoms with Gasteiger partial charge in [0.25, 0.3) is 11.5 Å². The van der Waals surface area contributed by atoms with E-state index in [4.69, 9.17) is 4.74 Å². The number of nitrogens with zero attached hydrogens (tertiary/aromatic N) is 1. The molecule has 30 heavy (non-hydrogen) atoms. The lowest BCUT2D eigenvalue weighted by Crippen LogP contribution is -2.33. The van der Waals surface area contributed by atoms with E-state index in [1.54, 1.807) is 24.1 Å². The van der Waals surface area contributed by atoms with Gasteiger partial charge >= 0.3 is 0 Å². The van der Waals surface area contributed by atoms with Gasteiger partial charge in [-0.2, -0.15) is 0 Å². The van der Waals surface area contributed by atoms with Crippen LogP contribution in [-0.2, 0) is 6.54 Å². The van der Waals surface area contributed by atoms with Crippen LogP contribution in [0.4, 0.5) is 5.69 Å². The van der Waals surface area contributed by atoms with Crippen LogP contribution < -0.4 is 15.2 Å². The summed E-state index contributed by atoms with van der Waals surface area (Å²) in [6.07, 6.45) is 0. The number of halogens is 1. The van der Waals surface area contributed by atoms with Gasteiger partial charge in [0, 0.05) is 27.3 Å². The van der Waals surface area contributed by atoms with Gasteiger partial charge in [-0.3, -0.25) is 9.59 Å². The molecule has 4 rings (SSSR count). The molecule has 1 aromatic heterocycles. The fourth-order valence-corrected chi connectivity index (χ4v) is 3.77. The van der Waals surface area contributed by atoms with E-state index < -0.39 is 0 Å². The van der Waals surface area contributed by atoms with E-state index in [0.29, 0.717) is 27.0 Å². The number of carbonyl (C=O) groups is 1. The minimum absolute atomic E-state index is 0.119. The number of aromatic nitrogens is 1. The van der Waals surface area contributed by atoms with Crippen LogP contribution >= 0.6 is 15.9 Å². The van der Waals surface area contributed by atoms with Crippen LogP contribution in [0.25, 0.3) is 10.9 Å². The molecule has 0 aliphatic carbocycles. The van der Waals surface area contributed by atoms with Crippen molar-refractivity contribution in [1.82, 2.24) is 4.98 Å². The van der Waals surface area contributed by atoms with E-state index in [0.717, 1.165) is 10.9 Å². The Bertz CT molecular complexity index is 1280. The number of carbonyl (C=O) groups excluding carboxylic acids is 1. The van der Waals surface area contributed by atoms with Gasteiger partial charge in [0.1, 0.15) is 5.75 Å². The van der Waals surface area contributed by atoms with E-state index in [2.05, 4.69) is 20.9 Å². The van der Waals surface area contributed by atoms with Gasteiger partial charge in [-0.05, 0) is 57.7 Å². The molecule has 0 spiro atoms. The molecule has 0 radical (unpaired) electrons. The standard InChI is InChI=1S/C24H19BrN2O3/c1-30-19-9-6-8-18(14-19)27(24(29)20-10-3-4-11-21(20)25)15-17-13-16-7-2-5-12-22(16)26-23(17)28/h2-14H,15H2,1H3,(H,26,28). The van der Waals surface area contributed by atoms with E-state index >= 15 is 0 Å². The Morgan fingerprint density at radius 3 is 2.57 bits per heavy atom. The van der Waals surface area contributed by atoms with Crippen molar-refractivity contribution in [2.24, 2.45) is 0 Å². The van der Waals surface area contributed by atoms with Crippen molar-refractivity contribution < 1.29 is 9.53 Å². The van der Waals surface area contributed by atoms with Crippen molar-refractivity contribution in [3.05, 3.63) is 105 Å². The number of fused-ring (bicyclic) bond motifs is 1. The second kappa shape index (κ2) is 8.55. The number of methoxy groups -OCH3 is 1. The fourth-order valence-electron chi connectivity index (χ4n) is 3.32. The number of pyridine rings is 1. The van der Waals surface area contributed by atoms with Gasteiger partial charge in [0.15, 0.2) is 0 Å². The first-order chi connectivity index (χ1) is 14.6. The first-order valence-corrected chi connectivity index (χ1v) is 10.2. The zero-order valence-corrected chi connectivity index (χ0v) is 17.8. The second-order valence-corrected chi connectivity index (χ2v) is 7.64. The van der Waals surface area contributed by atoms with Crippen LogP contribution in [0.15, 0.2) is 88.1 Å². The van der Waals surface area contributed by atoms with Crippen molar-refractivity contribution in [2.75, 3.05) is 12.0 Å². The maximum atomic E-state index is 13.5. The number of benzene rings is 3. The molecular weight excluding hydrogens is 444 g/mol. The average Bonchev–Trinajstić information content (AvgIpc) is 2.77. The van der Waals surface area contributed by atoms with E-state index in [9.17, 15) is 9.59 Å². The minimum Gasteiger partial charge on any atom is -0.497 e. The molecule has 0 fully saturated rings. The minimum atomic E-state index is -0.221. The Hall–Kier alpha value is -3.38. The molecule has 6 heteroatoms. The molecule has 1 amide bonds. The fraction of sp³-hybridized carbons (Fsp3) is 0.0833. The molecule has 150 valence electrons. The van der Waals surface area contributed by atoms with Crippen LogP contribution in [-0.4, -0.2) is 18.0 Å². The second-order valence-electron chi connectivity index (χ2n) is 6.78. The number of ether oxygens (including phenoxy) is 1. The first-order valence-electron chi connectivity index (χ1n) is 9.38. The maximum Gasteiger partial charge on any atom is 0.259 e. The number of anilines is 1. The SMILES string of the molecule is COc1cccc(N(Cc2cc3ccccc3[nH]c2=O)C(=O)c2ccccc2Br)c1. The normalized spacial score (nSPS) is 10.7. The number of nitrogens with one attached hydrogen (secondary N) is 1. The average molecular weight is 463 g/mol. The van der Waals surface area contributed by atoms with Crippen molar-refractivity contribution in [3.63, 3.8) is 0 Å². The first kappa shape index (κ1) is 19.9. The summed E-state index contributed by atoms with van der Waals surface area (Å²) >= 11 is 3.46. The summed E-state index contributed by atoms with van der Waals surface area (Å²) in [7, 11) is 1.58. The van der Waals surface area contributed by atoms with Crippen LogP contribution in [0.5, 0.6) is 5.75 Å². The summed E-state index contributed by atoms with van der Waals surface area (Å²) in [5.74, 6) is 0.410. The van der Waals surface area contributed by atoms with Crippen molar-refractivity contribution in [2.45, 2.75) is 6.54 Å². The lowest BCUT2D eigenvalue weighted by Gasteiger charge is -2.24. The van der Waals surface area contributed by atoms with Gasteiger partial charge in [-0.1, -0.05) is 36.4 Å². The van der Waals surface area contributed by atoms with Crippen molar-refractivity contribution in [1.29, 1.82) is 0 Å². The highest BCUT2D eigenvalue weighted by Crippen LogP contribution is 2.27.